The Morgan fingerprint density at radius 3 is 2.97 bits per heavy atom. The molecule has 3 heterocycles. The lowest BCUT2D eigenvalue weighted by atomic mass is 9.51. The Morgan fingerprint density at radius 1 is 1.27 bits per heavy atom. The number of likely N-dealkylation sites (tertiary alicyclic amines) is 1. The van der Waals surface area contributed by atoms with E-state index in [0.29, 0.717) is 17.9 Å². The van der Waals surface area contributed by atoms with Crippen LogP contribution in [0.2, 0.25) is 0 Å². The first-order valence-corrected chi connectivity index (χ1v) is 13.6. The molecule has 3 fully saturated rings. The molecule has 1 aromatic heterocycles. The maximum Gasteiger partial charge on any atom is 0.302 e. The topological polar surface area (TPSA) is 72.2 Å². The van der Waals surface area contributed by atoms with Gasteiger partial charge in [0.1, 0.15) is 18.0 Å². The van der Waals surface area contributed by atoms with Gasteiger partial charge in [0.15, 0.2) is 0 Å². The Hall–Kier alpha value is -3.06. The minimum atomic E-state index is -0.174. The van der Waals surface area contributed by atoms with Gasteiger partial charge in [0, 0.05) is 55.1 Å². The average Bonchev–Trinajstić information content (AvgIpc) is 3.26. The second-order valence-corrected chi connectivity index (χ2v) is 11.6. The SMILES string of the molecule is CC(=O)OC1CC1CN1CC[C@]23c4c5cccc4O[C@H]2[C@@H](N(C)C(=O)C=Cc2ccoc2)CC[C@H]3[C@H]1C5. The third-order valence-electron chi connectivity index (χ3n) is 9.75. The lowest BCUT2D eigenvalue weighted by Crippen LogP contribution is -2.69. The van der Waals surface area contributed by atoms with Crippen molar-refractivity contribution >= 4 is 18.0 Å². The Labute approximate surface area is 217 Å². The number of rotatable bonds is 6. The summed E-state index contributed by atoms with van der Waals surface area (Å²) in [5, 5.41) is 0. The van der Waals surface area contributed by atoms with Gasteiger partial charge in [-0.3, -0.25) is 14.5 Å². The number of ether oxygens (including phenoxy) is 2. The molecule has 2 aliphatic heterocycles. The zero-order valence-electron chi connectivity index (χ0n) is 21.5. The van der Waals surface area contributed by atoms with Crippen LogP contribution in [0, 0.1) is 11.8 Å². The van der Waals surface area contributed by atoms with E-state index in [1.807, 2.05) is 24.1 Å². The Morgan fingerprint density at radius 2 is 2.16 bits per heavy atom. The summed E-state index contributed by atoms with van der Waals surface area (Å²) in [6, 6.07) is 8.86. The summed E-state index contributed by atoms with van der Waals surface area (Å²) in [6.07, 6.45) is 11.8. The minimum absolute atomic E-state index is 0.00382. The molecular formula is C30H34N2O5. The summed E-state index contributed by atoms with van der Waals surface area (Å²) < 4.78 is 17.4. The van der Waals surface area contributed by atoms with Gasteiger partial charge in [-0.1, -0.05) is 12.1 Å². The number of esters is 1. The third kappa shape index (κ3) is 3.57. The maximum absolute atomic E-state index is 13.2. The van der Waals surface area contributed by atoms with Crippen molar-refractivity contribution in [1.82, 2.24) is 9.80 Å². The molecule has 7 atom stereocenters. The number of carbonyl (C=O) groups is 2. The van der Waals surface area contributed by atoms with Crippen LogP contribution in [0.5, 0.6) is 5.75 Å². The van der Waals surface area contributed by atoms with E-state index < -0.39 is 0 Å². The van der Waals surface area contributed by atoms with Gasteiger partial charge in [0.25, 0.3) is 0 Å². The Balaban J connectivity index is 1.16. The first-order valence-electron chi connectivity index (χ1n) is 13.6. The number of benzene rings is 1. The predicted molar refractivity (Wildman–Crippen MR) is 137 cm³/mol. The fraction of sp³-hybridized carbons (Fsp3) is 0.533. The zero-order valence-corrected chi connectivity index (χ0v) is 21.5. The van der Waals surface area contributed by atoms with Crippen molar-refractivity contribution in [2.24, 2.45) is 11.8 Å². The lowest BCUT2D eigenvalue weighted by molar-refractivity contribution is -0.142. The van der Waals surface area contributed by atoms with E-state index >= 15 is 0 Å². The molecule has 2 aromatic rings. The van der Waals surface area contributed by atoms with E-state index in [1.165, 1.54) is 18.1 Å². The van der Waals surface area contributed by atoms with E-state index in [2.05, 4.69) is 23.1 Å². The van der Waals surface area contributed by atoms with Gasteiger partial charge >= 0.3 is 5.97 Å². The molecule has 7 heteroatoms. The summed E-state index contributed by atoms with van der Waals surface area (Å²) in [4.78, 5) is 29.2. The standard InChI is InChI=1S/C30H34N2O5/c1-18(33)36-26-15-21(26)16-32-12-11-30-22-7-8-23(31(2)27(34)9-6-19-10-13-35-17-19)29(30)37-25-5-3-4-20(28(25)30)14-24(22)32/h3-6,9-10,13,17,21-24,26,29H,7-8,11-12,14-16H2,1-2H3/t21?,22-,23-,24+,26?,29-,30-/m0/s1. The van der Waals surface area contributed by atoms with Crippen LogP contribution in [0.1, 0.15) is 49.3 Å². The Bertz CT molecular complexity index is 1250. The molecule has 5 aliphatic rings. The smallest absolute Gasteiger partial charge is 0.302 e. The van der Waals surface area contributed by atoms with Crippen LogP contribution >= 0.6 is 0 Å². The molecular weight excluding hydrogens is 468 g/mol. The molecule has 2 saturated carbocycles. The van der Waals surface area contributed by atoms with Crippen molar-refractivity contribution in [1.29, 1.82) is 0 Å². The highest BCUT2D eigenvalue weighted by Crippen LogP contribution is 2.62. The fourth-order valence-corrected chi connectivity index (χ4v) is 8.08. The second kappa shape index (κ2) is 8.48. The normalized spacial score (nSPS) is 35.1. The van der Waals surface area contributed by atoms with Crippen LogP contribution in [0.15, 0.2) is 47.3 Å². The molecule has 2 unspecified atom stereocenters. The molecule has 0 radical (unpaired) electrons. The summed E-state index contributed by atoms with van der Waals surface area (Å²) in [7, 11) is 1.93. The van der Waals surface area contributed by atoms with Crippen LogP contribution in [0.25, 0.3) is 6.08 Å². The third-order valence-corrected chi connectivity index (χ3v) is 9.75. The monoisotopic (exact) mass is 502 g/mol. The molecule has 7 rings (SSSR count). The van der Waals surface area contributed by atoms with Crippen molar-refractivity contribution in [2.75, 3.05) is 20.1 Å². The van der Waals surface area contributed by atoms with Crippen LogP contribution in [-0.4, -0.2) is 66.1 Å². The van der Waals surface area contributed by atoms with E-state index in [0.717, 1.165) is 56.5 Å². The highest BCUT2D eigenvalue weighted by Gasteiger charge is 2.66. The van der Waals surface area contributed by atoms with E-state index in [4.69, 9.17) is 13.9 Å². The number of carbonyl (C=O) groups excluding carboxylic acids is 2. The molecule has 0 N–H and O–H groups in total. The molecule has 1 saturated heterocycles. The fourth-order valence-electron chi connectivity index (χ4n) is 8.08. The highest BCUT2D eigenvalue weighted by atomic mass is 16.5. The van der Waals surface area contributed by atoms with Crippen molar-refractivity contribution in [3.8, 4) is 5.75 Å². The first kappa shape index (κ1) is 23.1. The number of hydrogen-bond donors (Lipinski definition) is 0. The van der Waals surface area contributed by atoms with Gasteiger partial charge in [-0.2, -0.15) is 0 Å². The van der Waals surface area contributed by atoms with Gasteiger partial charge in [0.2, 0.25) is 5.91 Å². The quantitative estimate of drug-likeness (QED) is 0.442. The summed E-state index contributed by atoms with van der Waals surface area (Å²) >= 11 is 0. The van der Waals surface area contributed by atoms with E-state index in [9.17, 15) is 9.59 Å². The molecule has 37 heavy (non-hydrogen) atoms. The zero-order chi connectivity index (χ0) is 25.3. The number of likely N-dealkylation sites (N-methyl/N-ethyl adjacent to an activating group) is 1. The molecule has 3 aliphatic carbocycles. The van der Waals surface area contributed by atoms with Gasteiger partial charge < -0.3 is 18.8 Å². The molecule has 1 aromatic carbocycles. The van der Waals surface area contributed by atoms with Crippen molar-refractivity contribution in [3.63, 3.8) is 0 Å². The van der Waals surface area contributed by atoms with Gasteiger partial charge in [-0.05, 0) is 68.3 Å². The van der Waals surface area contributed by atoms with Crippen molar-refractivity contribution < 1.29 is 23.5 Å². The number of furan rings is 1. The largest absolute Gasteiger partial charge is 0.487 e. The van der Waals surface area contributed by atoms with Crippen molar-refractivity contribution in [3.05, 3.63) is 59.6 Å². The molecule has 194 valence electrons. The van der Waals surface area contributed by atoms with Crippen LogP contribution in [-0.2, 0) is 26.2 Å². The maximum atomic E-state index is 13.2. The molecule has 2 bridgehead atoms. The molecule has 1 spiro atoms. The van der Waals surface area contributed by atoms with Crippen LogP contribution in [0.4, 0.5) is 0 Å². The summed E-state index contributed by atoms with van der Waals surface area (Å²) in [6.45, 7) is 3.52. The summed E-state index contributed by atoms with van der Waals surface area (Å²) in [5.41, 5.74) is 3.67. The number of amides is 1. The molecule has 1 amide bonds. The number of hydrogen-bond acceptors (Lipinski definition) is 6. The highest BCUT2D eigenvalue weighted by molar-refractivity contribution is 5.91. The Kier molecular flexibility index (Phi) is 5.29. The lowest BCUT2D eigenvalue weighted by Gasteiger charge is -2.60. The van der Waals surface area contributed by atoms with E-state index in [-0.39, 0.29) is 35.5 Å². The first-order chi connectivity index (χ1) is 18.0. The number of piperidine rings is 1. The van der Waals surface area contributed by atoms with Crippen LogP contribution < -0.4 is 4.74 Å². The average molecular weight is 503 g/mol. The van der Waals surface area contributed by atoms with Crippen LogP contribution in [0.3, 0.4) is 0 Å². The van der Waals surface area contributed by atoms with Gasteiger partial charge in [0.05, 0.1) is 18.6 Å². The van der Waals surface area contributed by atoms with E-state index in [1.54, 1.807) is 18.6 Å². The molecule has 7 nitrogen and oxygen atoms in total. The minimum Gasteiger partial charge on any atom is -0.487 e. The predicted octanol–water partition coefficient (Wildman–Crippen LogP) is 3.81. The van der Waals surface area contributed by atoms with Crippen molar-refractivity contribution in [2.45, 2.75) is 68.7 Å². The summed E-state index contributed by atoms with van der Waals surface area (Å²) in [5.74, 6) is 1.80. The van der Waals surface area contributed by atoms with Gasteiger partial charge in [-0.25, -0.2) is 0 Å². The van der Waals surface area contributed by atoms with Gasteiger partial charge in [-0.15, -0.1) is 0 Å². The number of nitrogens with zero attached hydrogens (tertiary/aromatic N) is 2. The second-order valence-electron chi connectivity index (χ2n) is 11.6.